The molecule has 1 aromatic rings. The van der Waals surface area contributed by atoms with Crippen molar-refractivity contribution in [3.8, 4) is 0 Å². The monoisotopic (exact) mass is 278 g/mol. The SMILES string of the molecule is C=CCN(Cc1cc(CNCCC)oc1C)C(C)(C)C. The molecule has 0 radical (unpaired) electrons. The lowest BCUT2D eigenvalue weighted by molar-refractivity contribution is 0.144. The fourth-order valence-electron chi connectivity index (χ4n) is 2.16. The Morgan fingerprint density at radius 3 is 2.65 bits per heavy atom. The summed E-state index contributed by atoms with van der Waals surface area (Å²) in [6.45, 7) is 18.4. The van der Waals surface area contributed by atoms with Gasteiger partial charge in [0, 0.05) is 24.2 Å². The van der Waals surface area contributed by atoms with Crippen molar-refractivity contribution in [3.63, 3.8) is 0 Å². The molecule has 3 heteroatoms. The number of nitrogens with zero attached hydrogens (tertiary/aromatic N) is 1. The lowest BCUT2D eigenvalue weighted by Gasteiger charge is -2.34. The summed E-state index contributed by atoms with van der Waals surface area (Å²) in [5.41, 5.74) is 1.40. The maximum atomic E-state index is 5.84. The lowest BCUT2D eigenvalue weighted by atomic mass is 10.0. The molecule has 0 fully saturated rings. The van der Waals surface area contributed by atoms with Gasteiger partial charge in [-0.15, -0.1) is 6.58 Å². The third-order valence-electron chi connectivity index (χ3n) is 3.46. The molecule has 3 nitrogen and oxygen atoms in total. The molecule has 0 saturated heterocycles. The molecule has 0 aliphatic rings. The molecule has 1 aromatic heterocycles. The van der Waals surface area contributed by atoms with E-state index in [2.05, 4.69) is 50.6 Å². The van der Waals surface area contributed by atoms with E-state index >= 15 is 0 Å². The van der Waals surface area contributed by atoms with Crippen molar-refractivity contribution >= 4 is 0 Å². The van der Waals surface area contributed by atoms with Gasteiger partial charge in [-0.05, 0) is 46.7 Å². The van der Waals surface area contributed by atoms with E-state index in [0.717, 1.165) is 44.1 Å². The zero-order valence-electron chi connectivity index (χ0n) is 13.8. The molecule has 1 N–H and O–H groups in total. The Morgan fingerprint density at radius 1 is 1.40 bits per heavy atom. The van der Waals surface area contributed by atoms with E-state index in [-0.39, 0.29) is 5.54 Å². The number of hydrogen-bond donors (Lipinski definition) is 1. The molecular weight excluding hydrogens is 248 g/mol. The number of rotatable bonds is 8. The molecule has 0 bridgehead atoms. The quantitative estimate of drug-likeness (QED) is 0.578. The van der Waals surface area contributed by atoms with E-state index in [1.165, 1.54) is 5.56 Å². The normalized spacial score (nSPS) is 12.1. The van der Waals surface area contributed by atoms with Crippen molar-refractivity contribution in [3.05, 3.63) is 35.8 Å². The van der Waals surface area contributed by atoms with Gasteiger partial charge in [0.25, 0.3) is 0 Å². The molecule has 0 aliphatic carbocycles. The van der Waals surface area contributed by atoms with Crippen LogP contribution in [0.2, 0.25) is 0 Å². The van der Waals surface area contributed by atoms with Crippen molar-refractivity contribution in [2.45, 2.75) is 59.7 Å². The number of nitrogens with one attached hydrogen (secondary N) is 1. The van der Waals surface area contributed by atoms with Gasteiger partial charge in [-0.3, -0.25) is 4.90 Å². The highest BCUT2D eigenvalue weighted by Gasteiger charge is 2.21. The van der Waals surface area contributed by atoms with Gasteiger partial charge in [0.2, 0.25) is 0 Å². The molecule has 114 valence electrons. The molecule has 0 atom stereocenters. The molecule has 1 heterocycles. The summed E-state index contributed by atoms with van der Waals surface area (Å²) < 4.78 is 5.84. The highest BCUT2D eigenvalue weighted by Crippen LogP contribution is 2.21. The summed E-state index contributed by atoms with van der Waals surface area (Å²) >= 11 is 0. The van der Waals surface area contributed by atoms with Gasteiger partial charge in [-0.1, -0.05) is 13.0 Å². The van der Waals surface area contributed by atoms with Gasteiger partial charge in [-0.2, -0.15) is 0 Å². The first-order valence-electron chi connectivity index (χ1n) is 7.53. The Kier molecular flexibility index (Phi) is 6.50. The molecule has 0 aliphatic heterocycles. The van der Waals surface area contributed by atoms with Crippen LogP contribution in [0.25, 0.3) is 0 Å². The maximum absolute atomic E-state index is 5.84. The van der Waals surface area contributed by atoms with Gasteiger partial charge in [0.05, 0.1) is 6.54 Å². The van der Waals surface area contributed by atoms with Crippen LogP contribution in [0, 0.1) is 6.92 Å². The van der Waals surface area contributed by atoms with Crippen molar-refractivity contribution in [2.75, 3.05) is 13.1 Å². The largest absolute Gasteiger partial charge is 0.465 e. The first-order chi connectivity index (χ1) is 9.38. The van der Waals surface area contributed by atoms with E-state index < -0.39 is 0 Å². The standard InChI is InChI=1S/C17H30N2O/c1-7-9-18-12-16-11-15(14(3)20-16)13-19(10-8-2)17(4,5)6/h8,11,18H,2,7,9-10,12-13H2,1,3-6H3. The van der Waals surface area contributed by atoms with Gasteiger partial charge in [0.15, 0.2) is 0 Å². The second-order valence-corrected chi connectivity index (χ2v) is 6.31. The molecule has 1 rings (SSSR count). The van der Waals surface area contributed by atoms with Crippen LogP contribution in [0.4, 0.5) is 0 Å². The molecule has 0 spiro atoms. The van der Waals surface area contributed by atoms with Crippen LogP contribution in [0.1, 0.15) is 51.2 Å². The maximum Gasteiger partial charge on any atom is 0.118 e. The smallest absolute Gasteiger partial charge is 0.118 e. The van der Waals surface area contributed by atoms with E-state index in [1.807, 2.05) is 13.0 Å². The van der Waals surface area contributed by atoms with Crippen LogP contribution >= 0.6 is 0 Å². The van der Waals surface area contributed by atoms with Gasteiger partial charge >= 0.3 is 0 Å². The number of aryl methyl sites for hydroxylation is 1. The average molecular weight is 278 g/mol. The summed E-state index contributed by atoms with van der Waals surface area (Å²) in [6, 6.07) is 2.18. The van der Waals surface area contributed by atoms with Crippen LogP contribution in [0.3, 0.4) is 0 Å². The topological polar surface area (TPSA) is 28.4 Å². The minimum absolute atomic E-state index is 0.124. The van der Waals surface area contributed by atoms with Crippen molar-refractivity contribution in [1.29, 1.82) is 0 Å². The second-order valence-electron chi connectivity index (χ2n) is 6.31. The molecule has 20 heavy (non-hydrogen) atoms. The Morgan fingerprint density at radius 2 is 2.10 bits per heavy atom. The van der Waals surface area contributed by atoms with Crippen LogP contribution in [0.15, 0.2) is 23.1 Å². The van der Waals surface area contributed by atoms with Crippen LogP contribution in [-0.4, -0.2) is 23.5 Å². The van der Waals surface area contributed by atoms with Crippen molar-refractivity contribution in [2.24, 2.45) is 0 Å². The van der Waals surface area contributed by atoms with Crippen LogP contribution in [-0.2, 0) is 13.1 Å². The number of furan rings is 1. The summed E-state index contributed by atoms with van der Waals surface area (Å²) in [4.78, 5) is 2.40. The second kappa shape index (κ2) is 7.65. The molecule has 0 aromatic carbocycles. The van der Waals surface area contributed by atoms with Gasteiger partial charge < -0.3 is 9.73 Å². The van der Waals surface area contributed by atoms with Gasteiger partial charge in [-0.25, -0.2) is 0 Å². The Bertz CT molecular complexity index is 415. The highest BCUT2D eigenvalue weighted by atomic mass is 16.3. The third-order valence-corrected chi connectivity index (χ3v) is 3.46. The highest BCUT2D eigenvalue weighted by molar-refractivity contribution is 5.21. The lowest BCUT2D eigenvalue weighted by Crippen LogP contribution is -2.40. The summed E-state index contributed by atoms with van der Waals surface area (Å²) in [5.74, 6) is 2.05. The molecule has 0 saturated carbocycles. The fourth-order valence-corrected chi connectivity index (χ4v) is 2.16. The third kappa shape index (κ3) is 5.14. The first kappa shape index (κ1) is 17.0. The Labute approximate surface area is 124 Å². The van der Waals surface area contributed by atoms with E-state index in [9.17, 15) is 0 Å². The summed E-state index contributed by atoms with van der Waals surface area (Å²) in [7, 11) is 0. The van der Waals surface area contributed by atoms with E-state index in [0.29, 0.717) is 0 Å². The zero-order chi connectivity index (χ0) is 15.2. The molecular formula is C17H30N2O. The minimum atomic E-state index is 0.124. The average Bonchev–Trinajstić information content (AvgIpc) is 2.69. The Balaban J connectivity index is 2.72. The summed E-state index contributed by atoms with van der Waals surface area (Å²) in [5, 5.41) is 3.38. The Hall–Kier alpha value is -1.06. The first-order valence-corrected chi connectivity index (χ1v) is 7.53. The van der Waals surface area contributed by atoms with Gasteiger partial charge in [0.1, 0.15) is 11.5 Å². The number of hydrogen-bond acceptors (Lipinski definition) is 3. The van der Waals surface area contributed by atoms with E-state index in [1.54, 1.807) is 0 Å². The fraction of sp³-hybridized carbons (Fsp3) is 0.647. The minimum Gasteiger partial charge on any atom is -0.465 e. The molecule has 0 unspecified atom stereocenters. The predicted molar refractivity (Wildman–Crippen MR) is 85.8 cm³/mol. The van der Waals surface area contributed by atoms with Crippen LogP contribution < -0.4 is 5.32 Å². The van der Waals surface area contributed by atoms with Crippen LogP contribution in [0.5, 0.6) is 0 Å². The molecule has 0 amide bonds. The zero-order valence-corrected chi connectivity index (χ0v) is 13.8. The van der Waals surface area contributed by atoms with E-state index in [4.69, 9.17) is 4.42 Å². The predicted octanol–water partition coefficient (Wildman–Crippen LogP) is 3.87. The van der Waals surface area contributed by atoms with Crippen molar-refractivity contribution < 1.29 is 4.42 Å². The van der Waals surface area contributed by atoms with Crippen molar-refractivity contribution in [1.82, 2.24) is 10.2 Å². The summed E-state index contributed by atoms with van der Waals surface area (Å²) in [6.07, 6.45) is 3.11.